The second-order valence-corrected chi connectivity index (χ2v) is 6.78. The standard InChI is InChI=1S/C17H14ClF3N6O/c18-12-3-1-11(2-4-12)9-26-8-7-25(10-15(26)28)14-6-5-13-22-23-16(17(19,20)21)27(13)24-14/h1-6H,7-10H2. The van der Waals surface area contributed by atoms with Crippen LogP contribution in [0.25, 0.3) is 5.65 Å². The van der Waals surface area contributed by atoms with Crippen molar-refractivity contribution in [1.82, 2.24) is 24.7 Å². The smallest absolute Gasteiger partial charge is 0.344 e. The summed E-state index contributed by atoms with van der Waals surface area (Å²) in [5.74, 6) is -1.07. The molecule has 0 aliphatic carbocycles. The lowest BCUT2D eigenvalue weighted by atomic mass is 10.2. The number of nitrogens with zero attached hydrogens (tertiary/aromatic N) is 6. The first-order valence-corrected chi connectivity index (χ1v) is 8.76. The van der Waals surface area contributed by atoms with Gasteiger partial charge in [0.15, 0.2) is 5.65 Å². The number of alkyl halides is 3. The number of halogens is 4. The molecule has 0 saturated carbocycles. The molecule has 146 valence electrons. The molecule has 3 heterocycles. The third-order valence-electron chi connectivity index (χ3n) is 4.43. The summed E-state index contributed by atoms with van der Waals surface area (Å²) in [5, 5.41) is 11.2. The van der Waals surface area contributed by atoms with Crippen LogP contribution in [0.15, 0.2) is 36.4 Å². The molecule has 3 aromatic rings. The molecule has 2 aromatic heterocycles. The van der Waals surface area contributed by atoms with E-state index in [0.29, 0.717) is 29.2 Å². The maximum atomic E-state index is 13.0. The van der Waals surface area contributed by atoms with E-state index in [4.69, 9.17) is 11.6 Å². The predicted molar refractivity (Wildman–Crippen MR) is 94.9 cm³/mol. The molecule has 0 radical (unpaired) electrons. The molecule has 1 aliphatic rings. The number of piperazine rings is 1. The van der Waals surface area contributed by atoms with Gasteiger partial charge in [-0.25, -0.2) is 0 Å². The SMILES string of the molecule is O=C1CN(c2ccc3nnc(C(F)(F)F)n3n2)CCN1Cc1ccc(Cl)cc1. The molecule has 0 N–H and O–H groups in total. The Bertz CT molecular complexity index is 1020. The van der Waals surface area contributed by atoms with Crippen LogP contribution in [0, 0.1) is 0 Å². The normalized spacial score (nSPS) is 15.5. The van der Waals surface area contributed by atoms with Crippen molar-refractivity contribution in [1.29, 1.82) is 0 Å². The lowest BCUT2D eigenvalue weighted by molar-refractivity contribution is -0.146. The lowest BCUT2D eigenvalue weighted by Gasteiger charge is -2.35. The van der Waals surface area contributed by atoms with Gasteiger partial charge in [-0.05, 0) is 29.8 Å². The van der Waals surface area contributed by atoms with Gasteiger partial charge in [0.1, 0.15) is 5.82 Å². The highest BCUT2D eigenvalue weighted by molar-refractivity contribution is 6.30. The van der Waals surface area contributed by atoms with E-state index in [1.165, 1.54) is 12.1 Å². The number of amides is 1. The minimum atomic E-state index is -4.67. The van der Waals surface area contributed by atoms with Crippen LogP contribution in [0.3, 0.4) is 0 Å². The zero-order chi connectivity index (χ0) is 19.9. The van der Waals surface area contributed by atoms with Crippen molar-refractivity contribution in [3.63, 3.8) is 0 Å². The first-order chi connectivity index (χ1) is 13.3. The highest BCUT2D eigenvalue weighted by Gasteiger charge is 2.38. The van der Waals surface area contributed by atoms with Gasteiger partial charge in [-0.2, -0.15) is 17.7 Å². The Labute approximate surface area is 162 Å². The van der Waals surface area contributed by atoms with E-state index in [-0.39, 0.29) is 23.9 Å². The van der Waals surface area contributed by atoms with Crippen LogP contribution in [-0.2, 0) is 17.5 Å². The predicted octanol–water partition coefficient (Wildman–Crippen LogP) is 2.65. The molecular formula is C17H14ClF3N6O. The third-order valence-corrected chi connectivity index (χ3v) is 4.68. The number of fused-ring (bicyclic) bond motifs is 1. The molecule has 1 aliphatic heterocycles. The molecule has 1 aromatic carbocycles. The van der Waals surface area contributed by atoms with Gasteiger partial charge in [0.25, 0.3) is 5.82 Å². The summed E-state index contributed by atoms with van der Waals surface area (Å²) in [7, 11) is 0. The van der Waals surface area contributed by atoms with E-state index in [2.05, 4.69) is 15.3 Å². The van der Waals surface area contributed by atoms with E-state index in [1.54, 1.807) is 21.9 Å². The highest BCUT2D eigenvalue weighted by Crippen LogP contribution is 2.28. The van der Waals surface area contributed by atoms with Crippen LogP contribution in [-0.4, -0.2) is 50.3 Å². The topological polar surface area (TPSA) is 66.6 Å². The van der Waals surface area contributed by atoms with Crippen LogP contribution in [0.2, 0.25) is 5.02 Å². The van der Waals surface area contributed by atoms with Crippen molar-refractivity contribution in [3.8, 4) is 0 Å². The Morgan fingerprint density at radius 2 is 1.79 bits per heavy atom. The second-order valence-electron chi connectivity index (χ2n) is 6.35. The van der Waals surface area contributed by atoms with Crippen molar-refractivity contribution in [2.75, 3.05) is 24.5 Å². The average molecular weight is 411 g/mol. The molecule has 1 amide bonds. The fourth-order valence-electron chi connectivity index (χ4n) is 3.01. The van der Waals surface area contributed by atoms with Crippen molar-refractivity contribution < 1.29 is 18.0 Å². The molecule has 0 atom stereocenters. The average Bonchev–Trinajstić information content (AvgIpc) is 3.08. The minimum absolute atomic E-state index is 0.0104. The van der Waals surface area contributed by atoms with Gasteiger partial charge in [-0.3, -0.25) is 4.79 Å². The number of aromatic nitrogens is 4. The van der Waals surface area contributed by atoms with Crippen LogP contribution in [0.5, 0.6) is 0 Å². The van der Waals surface area contributed by atoms with Crippen molar-refractivity contribution in [3.05, 3.63) is 52.8 Å². The first kappa shape index (κ1) is 18.5. The molecule has 4 rings (SSSR count). The number of hydrogen-bond acceptors (Lipinski definition) is 5. The summed E-state index contributed by atoms with van der Waals surface area (Å²) in [5.41, 5.74) is 0.939. The third kappa shape index (κ3) is 3.59. The molecule has 0 bridgehead atoms. The number of rotatable bonds is 3. The fourth-order valence-corrected chi connectivity index (χ4v) is 3.13. The van der Waals surface area contributed by atoms with Gasteiger partial charge in [0, 0.05) is 24.7 Å². The van der Waals surface area contributed by atoms with Crippen LogP contribution >= 0.6 is 11.6 Å². The van der Waals surface area contributed by atoms with Crippen molar-refractivity contribution in [2.24, 2.45) is 0 Å². The molecule has 1 fully saturated rings. The largest absolute Gasteiger partial charge is 0.453 e. The van der Waals surface area contributed by atoms with E-state index in [0.717, 1.165) is 5.56 Å². The number of hydrogen-bond donors (Lipinski definition) is 0. The molecule has 0 spiro atoms. The number of carbonyl (C=O) groups excluding carboxylic acids is 1. The summed E-state index contributed by atoms with van der Waals surface area (Å²) in [6.45, 7) is 1.34. The maximum absolute atomic E-state index is 13.0. The van der Waals surface area contributed by atoms with E-state index < -0.39 is 12.0 Å². The van der Waals surface area contributed by atoms with E-state index in [9.17, 15) is 18.0 Å². The summed E-state index contributed by atoms with van der Waals surface area (Å²) in [6, 6.07) is 10.1. The lowest BCUT2D eigenvalue weighted by Crippen LogP contribution is -2.50. The first-order valence-electron chi connectivity index (χ1n) is 8.38. The monoisotopic (exact) mass is 410 g/mol. The Hall–Kier alpha value is -2.88. The van der Waals surface area contributed by atoms with Gasteiger partial charge in [0.2, 0.25) is 5.91 Å². The van der Waals surface area contributed by atoms with E-state index in [1.807, 2.05) is 12.1 Å². The van der Waals surface area contributed by atoms with Crippen LogP contribution < -0.4 is 4.90 Å². The zero-order valence-corrected chi connectivity index (χ0v) is 15.2. The Balaban J connectivity index is 1.51. The van der Waals surface area contributed by atoms with Gasteiger partial charge >= 0.3 is 6.18 Å². The van der Waals surface area contributed by atoms with Gasteiger partial charge in [-0.1, -0.05) is 23.7 Å². The maximum Gasteiger partial charge on any atom is 0.453 e. The van der Waals surface area contributed by atoms with Gasteiger partial charge in [-0.15, -0.1) is 15.3 Å². The number of carbonyl (C=O) groups is 1. The quantitative estimate of drug-likeness (QED) is 0.664. The Kier molecular flexibility index (Phi) is 4.58. The van der Waals surface area contributed by atoms with Crippen LogP contribution in [0.4, 0.5) is 19.0 Å². The van der Waals surface area contributed by atoms with Gasteiger partial charge in [0.05, 0.1) is 6.54 Å². The molecule has 28 heavy (non-hydrogen) atoms. The summed E-state index contributed by atoms with van der Waals surface area (Å²) < 4.78 is 39.7. The fraction of sp³-hybridized carbons (Fsp3) is 0.294. The number of benzene rings is 1. The summed E-state index contributed by atoms with van der Waals surface area (Å²) in [4.78, 5) is 15.8. The Morgan fingerprint density at radius 3 is 2.46 bits per heavy atom. The summed E-state index contributed by atoms with van der Waals surface area (Å²) in [6.07, 6.45) is -4.67. The molecule has 1 saturated heterocycles. The minimum Gasteiger partial charge on any atom is -0.344 e. The molecular weight excluding hydrogens is 397 g/mol. The van der Waals surface area contributed by atoms with Crippen molar-refractivity contribution in [2.45, 2.75) is 12.7 Å². The highest BCUT2D eigenvalue weighted by atomic mass is 35.5. The molecule has 11 heteroatoms. The second kappa shape index (κ2) is 6.93. The molecule has 7 nitrogen and oxygen atoms in total. The van der Waals surface area contributed by atoms with Gasteiger partial charge < -0.3 is 9.80 Å². The number of anilines is 1. The van der Waals surface area contributed by atoms with Crippen LogP contribution in [0.1, 0.15) is 11.4 Å². The van der Waals surface area contributed by atoms with Crippen molar-refractivity contribution >= 4 is 29.0 Å². The summed E-state index contributed by atoms with van der Waals surface area (Å²) >= 11 is 5.87. The molecule has 0 unspecified atom stereocenters. The van der Waals surface area contributed by atoms with E-state index >= 15 is 0 Å². The zero-order valence-electron chi connectivity index (χ0n) is 14.4. The Morgan fingerprint density at radius 1 is 1.04 bits per heavy atom.